The molecular formula is C12H16O4. The number of ether oxygens (including phenoxy) is 2. The Hall–Kier alpha value is -1.26. The molecule has 4 heteroatoms. The van der Waals surface area contributed by atoms with Crippen molar-refractivity contribution in [3.8, 4) is 0 Å². The summed E-state index contributed by atoms with van der Waals surface area (Å²) in [6.07, 6.45) is 2.79. The number of rotatable bonds is 4. The van der Waals surface area contributed by atoms with E-state index in [2.05, 4.69) is 6.58 Å². The Kier molecular flexibility index (Phi) is 2.56. The normalized spacial score (nSPS) is 26.4. The monoisotopic (exact) mass is 224 g/mol. The van der Waals surface area contributed by atoms with Crippen LogP contribution in [0.5, 0.6) is 0 Å². The average molecular weight is 224 g/mol. The van der Waals surface area contributed by atoms with E-state index in [4.69, 9.17) is 9.47 Å². The Morgan fingerprint density at radius 1 is 1.38 bits per heavy atom. The second-order valence-electron chi connectivity index (χ2n) is 4.04. The highest BCUT2D eigenvalue weighted by molar-refractivity contribution is 5.59. The van der Waals surface area contributed by atoms with Gasteiger partial charge in [-0.3, -0.25) is 0 Å². The van der Waals surface area contributed by atoms with Crippen LogP contribution in [0.3, 0.4) is 0 Å². The molecule has 0 spiro atoms. The van der Waals surface area contributed by atoms with Crippen molar-refractivity contribution in [1.29, 1.82) is 0 Å². The average Bonchev–Trinajstić information content (AvgIpc) is 2.98. The van der Waals surface area contributed by atoms with Crippen LogP contribution in [0, 0.1) is 5.92 Å². The van der Waals surface area contributed by atoms with Crippen LogP contribution in [-0.2, 0) is 9.47 Å². The first-order valence-corrected chi connectivity index (χ1v) is 5.18. The molecule has 1 atom stereocenters. The number of hydrogen-bond acceptors (Lipinski definition) is 4. The quantitative estimate of drug-likeness (QED) is 0.554. The molecule has 1 unspecified atom stereocenters. The van der Waals surface area contributed by atoms with Gasteiger partial charge in [-0.25, -0.2) is 0 Å². The molecule has 0 heterocycles. The third kappa shape index (κ3) is 1.37. The van der Waals surface area contributed by atoms with Crippen molar-refractivity contribution in [2.45, 2.75) is 18.6 Å². The number of fused-ring (bicyclic) bond motifs is 1. The van der Waals surface area contributed by atoms with Crippen LogP contribution in [0.2, 0.25) is 0 Å². The standard InChI is InChI=1S/C12H16O4/c1-4-5-9-10(15-2)7-6-8(7)11(16-3)12(9,13)14/h4,9,13-14H,1,5-6H2,2-3H3. The molecule has 0 bridgehead atoms. The van der Waals surface area contributed by atoms with Gasteiger partial charge in [0.25, 0.3) is 0 Å². The topological polar surface area (TPSA) is 58.9 Å². The minimum Gasteiger partial charge on any atom is -0.500 e. The van der Waals surface area contributed by atoms with Crippen LogP contribution in [0.15, 0.2) is 35.3 Å². The first-order chi connectivity index (χ1) is 7.57. The second-order valence-corrected chi connectivity index (χ2v) is 4.04. The third-order valence-corrected chi connectivity index (χ3v) is 3.13. The largest absolute Gasteiger partial charge is 0.500 e. The summed E-state index contributed by atoms with van der Waals surface area (Å²) in [4.78, 5) is 0. The molecule has 1 saturated carbocycles. The lowest BCUT2D eigenvalue weighted by Gasteiger charge is -2.34. The molecule has 4 nitrogen and oxygen atoms in total. The molecule has 1 fully saturated rings. The molecule has 0 saturated heterocycles. The highest BCUT2D eigenvalue weighted by Crippen LogP contribution is 2.54. The third-order valence-electron chi connectivity index (χ3n) is 3.13. The van der Waals surface area contributed by atoms with E-state index in [0.717, 1.165) is 11.1 Å². The molecule has 88 valence electrons. The zero-order valence-corrected chi connectivity index (χ0v) is 9.49. The van der Waals surface area contributed by atoms with Crippen molar-refractivity contribution in [2.24, 2.45) is 5.92 Å². The molecule has 0 radical (unpaired) electrons. The number of hydrogen-bond donors (Lipinski definition) is 2. The van der Waals surface area contributed by atoms with Crippen LogP contribution in [0.1, 0.15) is 12.8 Å². The highest BCUT2D eigenvalue weighted by atomic mass is 16.6. The van der Waals surface area contributed by atoms with Gasteiger partial charge < -0.3 is 19.7 Å². The molecule has 2 rings (SSSR count). The maximum Gasteiger partial charge on any atom is 0.233 e. The zero-order chi connectivity index (χ0) is 11.9. The first-order valence-electron chi connectivity index (χ1n) is 5.18. The smallest absolute Gasteiger partial charge is 0.233 e. The molecule has 0 aromatic heterocycles. The number of allylic oxidation sites excluding steroid dienone is 3. The predicted octanol–water partition coefficient (Wildman–Crippen LogP) is 1.08. The predicted molar refractivity (Wildman–Crippen MR) is 58.2 cm³/mol. The van der Waals surface area contributed by atoms with Crippen LogP contribution in [0.4, 0.5) is 0 Å². The zero-order valence-electron chi connectivity index (χ0n) is 9.49. The van der Waals surface area contributed by atoms with Crippen LogP contribution in [-0.4, -0.2) is 30.2 Å². The Morgan fingerprint density at radius 2 is 2.06 bits per heavy atom. The van der Waals surface area contributed by atoms with Gasteiger partial charge >= 0.3 is 0 Å². The lowest BCUT2D eigenvalue weighted by Crippen LogP contribution is -2.43. The van der Waals surface area contributed by atoms with E-state index in [1.165, 1.54) is 7.11 Å². The lowest BCUT2D eigenvalue weighted by atomic mass is 9.87. The molecule has 2 N–H and O–H groups in total. The summed E-state index contributed by atoms with van der Waals surface area (Å²) in [6, 6.07) is 0. The van der Waals surface area contributed by atoms with Crippen molar-refractivity contribution < 1.29 is 19.7 Å². The molecule has 2 aliphatic carbocycles. The molecule has 0 aromatic carbocycles. The van der Waals surface area contributed by atoms with Crippen molar-refractivity contribution in [3.05, 3.63) is 35.3 Å². The van der Waals surface area contributed by atoms with Gasteiger partial charge in [0.05, 0.1) is 20.1 Å². The van der Waals surface area contributed by atoms with E-state index in [0.29, 0.717) is 18.6 Å². The minimum absolute atomic E-state index is 0.246. The second kappa shape index (κ2) is 3.64. The van der Waals surface area contributed by atoms with E-state index in [-0.39, 0.29) is 5.76 Å². The van der Waals surface area contributed by atoms with Crippen molar-refractivity contribution in [2.75, 3.05) is 14.2 Å². The molecule has 16 heavy (non-hydrogen) atoms. The maximum atomic E-state index is 10.1. The van der Waals surface area contributed by atoms with E-state index in [9.17, 15) is 10.2 Å². The Morgan fingerprint density at radius 3 is 2.56 bits per heavy atom. The van der Waals surface area contributed by atoms with Gasteiger partial charge in [0.15, 0.2) is 5.76 Å². The molecule has 2 aliphatic rings. The Bertz CT molecular complexity index is 390. The summed E-state index contributed by atoms with van der Waals surface area (Å²) in [5.41, 5.74) is 1.88. The first kappa shape index (κ1) is 11.2. The van der Waals surface area contributed by atoms with Crippen LogP contribution in [0.25, 0.3) is 0 Å². The lowest BCUT2D eigenvalue weighted by molar-refractivity contribution is -0.192. The summed E-state index contributed by atoms with van der Waals surface area (Å²) in [6.45, 7) is 3.62. The van der Waals surface area contributed by atoms with E-state index in [1.54, 1.807) is 13.2 Å². The van der Waals surface area contributed by atoms with Crippen LogP contribution < -0.4 is 0 Å². The fourth-order valence-electron chi connectivity index (χ4n) is 2.34. The summed E-state index contributed by atoms with van der Waals surface area (Å²) in [5.74, 6) is -1.65. The number of methoxy groups -OCH3 is 2. The molecule has 0 amide bonds. The number of aliphatic hydroxyl groups is 2. The van der Waals surface area contributed by atoms with Crippen molar-refractivity contribution in [3.63, 3.8) is 0 Å². The summed E-state index contributed by atoms with van der Waals surface area (Å²) in [7, 11) is 2.99. The SMILES string of the molecule is C=CCC1C(OC)=C2CC2=C(OC)C1(O)O. The minimum atomic E-state index is -2.00. The molecular weight excluding hydrogens is 208 g/mol. The fourth-order valence-corrected chi connectivity index (χ4v) is 2.34. The highest BCUT2D eigenvalue weighted by Gasteiger charge is 2.53. The Balaban J connectivity index is 2.47. The van der Waals surface area contributed by atoms with E-state index in [1.807, 2.05) is 0 Å². The summed E-state index contributed by atoms with van der Waals surface area (Å²) >= 11 is 0. The maximum absolute atomic E-state index is 10.1. The Labute approximate surface area is 94.5 Å². The molecule has 0 aliphatic heterocycles. The fraction of sp³-hybridized carbons (Fsp3) is 0.500. The van der Waals surface area contributed by atoms with E-state index < -0.39 is 11.7 Å². The summed E-state index contributed by atoms with van der Waals surface area (Å²) < 4.78 is 10.3. The van der Waals surface area contributed by atoms with Crippen molar-refractivity contribution in [1.82, 2.24) is 0 Å². The van der Waals surface area contributed by atoms with Gasteiger partial charge in [0, 0.05) is 17.6 Å². The summed E-state index contributed by atoms with van der Waals surface area (Å²) in [5, 5.41) is 20.3. The van der Waals surface area contributed by atoms with Crippen LogP contribution >= 0.6 is 0 Å². The van der Waals surface area contributed by atoms with Crippen molar-refractivity contribution >= 4 is 0 Å². The van der Waals surface area contributed by atoms with Gasteiger partial charge in [0.2, 0.25) is 5.79 Å². The van der Waals surface area contributed by atoms with Gasteiger partial charge in [0.1, 0.15) is 5.76 Å². The van der Waals surface area contributed by atoms with Gasteiger partial charge in [-0.15, -0.1) is 6.58 Å². The van der Waals surface area contributed by atoms with Gasteiger partial charge in [-0.2, -0.15) is 0 Å². The molecule has 0 aromatic rings. The van der Waals surface area contributed by atoms with Gasteiger partial charge in [-0.05, 0) is 6.42 Å². The van der Waals surface area contributed by atoms with E-state index >= 15 is 0 Å². The van der Waals surface area contributed by atoms with Gasteiger partial charge in [-0.1, -0.05) is 6.08 Å².